The lowest BCUT2D eigenvalue weighted by Gasteiger charge is -2.11. The molecule has 1 aromatic heterocycles. The summed E-state index contributed by atoms with van der Waals surface area (Å²) in [5.41, 5.74) is -0.0988. The van der Waals surface area contributed by atoms with E-state index >= 15 is 0 Å². The molecule has 2 N–H and O–H groups in total. The van der Waals surface area contributed by atoms with Gasteiger partial charge in [0.2, 0.25) is 0 Å². The molecule has 0 aliphatic heterocycles. The Morgan fingerprint density at radius 3 is 2.89 bits per heavy atom. The van der Waals surface area contributed by atoms with E-state index in [1.807, 2.05) is 0 Å². The Morgan fingerprint density at radius 2 is 2.21 bits per heavy atom. The quantitative estimate of drug-likeness (QED) is 0.903. The van der Waals surface area contributed by atoms with Crippen molar-refractivity contribution in [2.75, 3.05) is 13.2 Å². The highest BCUT2D eigenvalue weighted by Gasteiger charge is 2.42. The van der Waals surface area contributed by atoms with Gasteiger partial charge in [0.25, 0.3) is 5.91 Å². The zero-order valence-corrected chi connectivity index (χ0v) is 11.1. The number of fused-ring (bicyclic) bond motifs is 1. The number of amides is 1. The van der Waals surface area contributed by atoms with Gasteiger partial charge in [-0.05, 0) is 42.5 Å². The van der Waals surface area contributed by atoms with Gasteiger partial charge in [-0.2, -0.15) is 0 Å². The summed E-state index contributed by atoms with van der Waals surface area (Å²) in [5.74, 6) is -0.448. The second kappa shape index (κ2) is 4.58. The lowest BCUT2D eigenvalue weighted by atomic mass is 10.1. The van der Waals surface area contributed by atoms with Crippen molar-refractivity contribution in [3.8, 4) is 0 Å². The summed E-state index contributed by atoms with van der Waals surface area (Å²) >= 11 is 1.35. The van der Waals surface area contributed by atoms with Gasteiger partial charge in [0.15, 0.2) is 0 Å². The fourth-order valence-corrected chi connectivity index (χ4v) is 3.01. The molecule has 1 aliphatic rings. The molecule has 0 saturated heterocycles. The largest absolute Gasteiger partial charge is 0.396 e. The zero-order valence-electron chi connectivity index (χ0n) is 10.3. The summed E-state index contributed by atoms with van der Waals surface area (Å²) in [4.78, 5) is 12.6. The standard InChI is InChI=1S/C14H14FNO2S/c15-10-1-2-11-9(5-10)6-12(19-11)13(18)16-7-14(8-17)3-4-14/h1-2,5-6,17H,3-4,7-8H2,(H,16,18). The fourth-order valence-electron chi connectivity index (χ4n) is 2.05. The molecular weight excluding hydrogens is 265 g/mol. The molecule has 5 heteroatoms. The van der Waals surface area contributed by atoms with Crippen LogP contribution in [0.25, 0.3) is 10.1 Å². The van der Waals surface area contributed by atoms with Crippen molar-refractivity contribution in [3.63, 3.8) is 0 Å². The van der Waals surface area contributed by atoms with E-state index < -0.39 is 0 Å². The smallest absolute Gasteiger partial charge is 0.261 e. The van der Waals surface area contributed by atoms with E-state index in [9.17, 15) is 14.3 Å². The maximum Gasteiger partial charge on any atom is 0.261 e. The lowest BCUT2D eigenvalue weighted by molar-refractivity contribution is 0.0939. The Balaban J connectivity index is 1.74. The zero-order chi connectivity index (χ0) is 13.5. The minimum atomic E-state index is -0.297. The number of benzene rings is 1. The van der Waals surface area contributed by atoms with Gasteiger partial charge >= 0.3 is 0 Å². The molecule has 0 bridgehead atoms. The SMILES string of the molecule is O=C(NCC1(CO)CC1)c1cc2cc(F)ccc2s1. The van der Waals surface area contributed by atoms with E-state index in [-0.39, 0.29) is 23.7 Å². The summed E-state index contributed by atoms with van der Waals surface area (Å²) < 4.78 is 14.0. The summed E-state index contributed by atoms with van der Waals surface area (Å²) in [5, 5.41) is 12.8. The van der Waals surface area contributed by atoms with Gasteiger partial charge in [-0.25, -0.2) is 4.39 Å². The highest BCUT2D eigenvalue weighted by molar-refractivity contribution is 7.20. The van der Waals surface area contributed by atoms with Gasteiger partial charge in [0.1, 0.15) is 5.82 Å². The first kappa shape index (κ1) is 12.6. The molecule has 0 atom stereocenters. The van der Waals surface area contributed by atoms with Crippen LogP contribution in [-0.2, 0) is 0 Å². The Morgan fingerprint density at radius 1 is 1.42 bits per heavy atom. The average Bonchev–Trinajstić information content (AvgIpc) is 3.07. The van der Waals surface area contributed by atoms with Crippen LogP contribution in [0, 0.1) is 11.2 Å². The van der Waals surface area contributed by atoms with Gasteiger partial charge in [0.05, 0.1) is 11.5 Å². The predicted octanol–water partition coefficient (Wildman–Crippen LogP) is 2.54. The normalized spacial score (nSPS) is 16.5. The van der Waals surface area contributed by atoms with Crippen molar-refractivity contribution in [1.29, 1.82) is 0 Å². The molecule has 1 saturated carbocycles. The van der Waals surface area contributed by atoms with E-state index in [0.717, 1.165) is 22.9 Å². The predicted molar refractivity (Wildman–Crippen MR) is 72.9 cm³/mol. The van der Waals surface area contributed by atoms with Crippen LogP contribution in [0.3, 0.4) is 0 Å². The van der Waals surface area contributed by atoms with Gasteiger partial charge in [0, 0.05) is 16.7 Å². The second-order valence-electron chi connectivity index (χ2n) is 5.13. The number of carbonyl (C=O) groups is 1. The minimum Gasteiger partial charge on any atom is -0.396 e. The number of carbonyl (C=O) groups excluding carboxylic acids is 1. The molecule has 19 heavy (non-hydrogen) atoms. The first-order valence-electron chi connectivity index (χ1n) is 6.20. The number of rotatable bonds is 4. The maximum atomic E-state index is 13.1. The first-order valence-corrected chi connectivity index (χ1v) is 7.02. The number of aliphatic hydroxyl groups excluding tert-OH is 1. The van der Waals surface area contributed by atoms with Crippen molar-refractivity contribution in [3.05, 3.63) is 35.0 Å². The molecule has 2 aromatic rings. The summed E-state index contributed by atoms with van der Waals surface area (Å²) in [6.45, 7) is 0.621. The van der Waals surface area contributed by atoms with Gasteiger partial charge < -0.3 is 10.4 Å². The number of aliphatic hydroxyl groups is 1. The van der Waals surface area contributed by atoms with Gasteiger partial charge in [-0.3, -0.25) is 4.79 Å². The van der Waals surface area contributed by atoms with Gasteiger partial charge in [-0.15, -0.1) is 11.3 Å². The lowest BCUT2D eigenvalue weighted by Crippen LogP contribution is -2.31. The Hall–Kier alpha value is -1.46. The highest BCUT2D eigenvalue weighted by atomic mass is 32.1. The highest BCUT2D eigenvalue weighted by Crippen LogP contribution is 2.44. The summed E-state index contributed by atoms with van der Waals surface area (Å²) in [6.07, 6.45) is 1.92. The van der Waals surface area contributed by atoms with Crippen molar-refractivity contribution < 1.29 is 14.3 Å². The first-order chi connectivity index (χ1) is 9.12. The number of halogens is 1. The Labute approximate surface area is 114 Å². The average molecular weight is 279 g/mol. The number of hydrogen-bond acceptors (Lipinski definition) is 3. The molecule has 1 amide bonds. The topological polar surface area (TPSA) is 49.3 Å². The molecule has 100 valence electrons. The second-order valence-corrected chi connectivity index (χ2v) is 6.22. The van der Waals surface area contributed by atoms with Crippen molar-refractivity contribution in [2.24, 2.45) is 5.41 Å². The van der Waals surface area contributed by atoms with Crippen LogP contribution in [0.4, 0.5) is 4.39 Å². The Kier molecular flexibility index (Phi) is 3.03. The van der Waals surface area contributed by atoms with Crippen molar-refractivity contribution in [2.45, 2.75) is 12.8 Å². The van der Waals surface area contributed by atoms with Gasteiger partial charge in [-0.1, -0.05) is 0 Å². The van der Waals surface area contributed by atoms with E-state index in [2.05, 4.69) is 5.32 Å². The third-order valence-electron chi connectivity index (χ3n) is 3.62. The number of nitrogens with one attached hydrogen (secondary N) is 1. The van der Waals surface area contributed by atoms with Crippen molar-refractivity contribution >= 4 is 27.3 Å². The molecule has 0 unspecified atom stereocenters. The summed E-state index contributed by atoms with van der Waals surface area (Å²) in [6, 6.07) is 6.21. The van der Waals surface area contributed by atoms with Crippen LogP contribution in [-0.4, -0.2) is 24.2 Å². The van der Waals surface area contributed by atoms with E-state index in [0.29, 0.717) is 11.4 Å². The van der Waals surface area contributed by atoms with Crippen LogP contribution in [0.5, 0.6) is 0 Å². The third-order valence-corrected chi connectivity index (χ3v) is 4.73. The third kappa shape index (κ3) is 2.48. The molecule has 1 heterocycles. The van der Waals surface area contributed by atoms with E-state index in [1.165, 1.54) is 23.5 Å². The van der Waals surface area contributed by atoms with Crippen LogP contribution >= 0.6 is 11.3 Å². The molecule has 0 spiro atoms. The molecular formula is C14H14FNO2S. The van der Waals surface area contributed by atoms with Crippen LogP contribution in [0.2, 0.25) is 0 Å². The monoisotopic (exact) mass is 279 g/mol. The van der Waals surface area contributed by atoms with Crippen LogP contribution in [0.1, 0.15) is 22.5 Å². The molecule has 0 radical (unpaired) electrons. The summed E-state index contributed by atoms with van der Waals surface area (Å²) in [7, 11) is 0. The number of hydrogen-bond donors (Lipinski definition) is 2. The van der Waals surface area contributed by atoms with E-state index in [1.54, 1.807) is 12.1 Å². The molecule has 1 fully saturated rings. The Bertz CT molecular complexity index is 633. The van der Waals surface area contributed by atoms with Crippen molar-refractivity contribution in [1.82, 2.24) is 5.32 Å². The molecule has 3 nitrogen and oxygen atoms in total. The number of thiophene rings is 1. The van der Waals surface area contributed by atoms with Crippen LogP contribution < -0.4 is 5.32 Å². The van der Waals surface area contributed by atoms with E-state index in [4.69, 9.17) is 0 Å². The maximum absolute atomic E-state index is 13.1. The van der Waals surface area contributed by atoms with Crippen LogP contribution in [0.15, 0.2) is 24.3 Å². The molecule has 1 aliphatic carbocycles. The fraction of sp³-hybridized carbons (Fsp3) is 0.357. The molecule has 3 rings (SSSR count). The minimum absolute atomic E-state index is 0.0988. The molecule has 1 aromatic carbocycles.